The first-order valence-corrected chi connectivity index (χ1v) is 7.53. The van der Waals surface area contributed by atoms with Crippen molar-refractivity contribution in [2.45, 2.75) is 19.9 Å². The van der Waals surface area contributed by atoms with Crippen LogP contribution in [0.2, 0.25) is 0 Å². The molecule has 5 heteroatoms. The van der Waals surface area contributed by atoms with Crippen LogP contribution in [-0.2, 0) is 20.0 Å². The Labute approximate surface area is 132 Å². The number of hydrogen-bond acceptors (Lipinski definition) is 2. The van der Waals surface area contributed by atoms with Crippen molar-refractivity contribution >= 4 is 5.96 Å². The largest absolute Gasteiger partial charge is 0.356 e. The number of nitrogens with zero attached hydrogens (tertiary/aromatic N) is 4. The zero-order chi connectivity index (χ0) is 15.9. The molecule has 2 aromatic rings. The van der Waals surface area contributed by atoms with Gasteiger partial charge in [0.2, 0.25) is 0 Å². The highest BCUT2D eigenvalue weighted by molar-refractivity contribution is 5.79. The van der Waals surface area contributed by atoms with E-state index in [1.165, 1.54) is 11.3 Å². The minimum Gasteiger partial charge on any atom is -0.356 e. The van der Waals surface area contributed by atoms with Crippen molar-refractivity contribution in [1.82, 2.24) is 19.8 Å². The Kier molecular flexibility index (Phi) is 5.58. The maximum atomic E-state index is 4.35. The molecule has 5 nitrogen and oxygen atoms in total. The quantitative estimate of drug-likeness (QED) is 0.678. The maximum Gasteiger partial charge on any atom is 0.193 e. The Morgan fingerprint density at radius 3 is 2.77 bits per heavy atom. The van der Waals surface area contributed by atoms with Crippen LogP contribution in [0, 0.1) is 6.92 Å². The predicted octanol–water partition coefficient (Wildman–Crippen LogP) is 1.98. The molecule has 0 aliphatic rings. The van der Waals surface area contributed by atoms with Gasteiger partial charge in [0.25, 0.3) is 0 Å². The Balaban J connectivity index is 1.84. The minimum absolute atomic E-state index is 0.829. The highest BCUT2D eigenvalue weighted by atomic mass is 15.3. The highest BCUT2D eigenvalue weighted by Gasteiger charge is 2.07. The van der Waals surface area contributed by atoms with E-state index in [-0.39, 0.29) is 0 Å². The number of hydrogen-bond donors (Lipinski definition) is 1. The van der Waals surface area contributed by atoms with E-state index in [1.54, 1.807) is 0 Å². The van der Waals surface area contributed by atoms with Crippen LogP contribution in [0.15, 0.2) is 41.7 Å². The van der Waals surface area contributed by atoms with E-state index in [9.17, 15) is 0 Å². The maximum absolute atomic E-state index is 4.35. The Bertz CT molecular complexity index is 612. The van der Waals surface area contributed by atoms with Gasteiger partial charge >= 0.3 is 0 Å². The molecule has 0 bridgehead atoms. The molecule has 2 rings (SSSR count). The van der Waals surface area contributed by atoms with Gasteiger partial charge in [-0.15, -0.1) is 0 Å². The first-order chi connectivity index (χ1) is 10.6. The van der Waals surface area contributed by atoms with Crippen LogP contribution in [0.25, 0.3) is 0 Å². The zero-order valence-electron chi connectivity index (χ0n) is 13.9. The molecule has 0 aliphatic carbocycles. The summed E-state index contributed by atoms with van der Waals surface area (Å²) < 4.78 is 2.13. The number of aromatic nitrogens is 2. The summed E-state index contributed by atoms with van der Waals surface area (Å²) >= 11 is 0. The molecule has 0 fully saturated rings. The van der Waals surface area contributed by atoms with Crippen LogP contribution in [0.1, 0.15) is 17.0 Å². The molecule has 1 N–H and O–H groups in total. The van der Waals surface area contributed by atoms with Crippen molar-refractivity contribution in [3.8, 4) is 0 Å². The fraction of sp³-hybridized carbons (Fsp3) is 0.412. The van der Waals surface area contributed by atoms with Crippen LogP contribution in [0.4, 0.5) is 0 Å². The fourth-order valence-electron chi connectivity index (χ4n) is 2.33. The minimum atomic E-state index is 0.829. The molecule has 118 valence electrons. The van der Waals surface area contributed by atoms with Crippen molar-refractivity contribution in [1.29, 1.82) is 0 Å². The highest BCUT2D eigenvalue weighted by Crippen LogP contribution is 2.04. The zero-order valence-corrected chi connectivity index (χ0v) is 13.9. The molecule has 0 aliphatic heterocycles. The second-order valence-corrected chi connectivity index (χ2v) is 5.50. The molecule has 0 saturated heterocycles. The molecule has 2 heterocycles. The van der Waals surface area contributed by atoms with Gasteiger partial charge in [-0.25, -0.2) is 0 Å². The summed E-state index contributed by atoms with van der Waals surface area (Å²) in [5.74, 6) is 0.904. The SMILES string of the molecule is CN=C(NCCc1ccc(C)nc1)N(C)Cc1cccn1C. The van der Waals surface area contributed by atoms with Crippen molar-refractivity contribution in [2.24, 2.45) is 12.0 Å². The average Bonchev–Trinajstić information content (AvgIpc) is 2.90. The van der Waals surface area contributed by atoms with Crippen molar-refractivity contribution in [2.75, 3.05) is 20.6 Å². The molecule has 0 spiro atoms. The lowest BCUT2D eigenvalue weighted by molar-refractivity contribution is 0.462. The third-order valence-corrected chi connectivity index (χ3v) is 3.69. The number of rotatable bonds is 5. The van der Waals surface area contributed by atoms with Crippen molar-refractivity contribution in [3.63, 3.8) is 0 Å². The van der Waals surface area contributed by atoms with Gasteiger partial charge in [0.1, 0.15) is 0 Å². The van der Waals surface area contributed by atoms with Crippen LogP contribution >= 0.6 is 0 Å². The normalized spacial score (nSPS) is 11.5. The second-order valence-electron chi connectivity index (χ2n) is 5.50. The van der Waals surface area contributed by atoms with Gasteiger partial charge in [-0.1, -0.05) is 6.07 Å². The first-order valence-electron chi connectivity index (χ1n) is 7.53. The van der Waals surface area contributed by atoms with E-state index in [4.69, 9.17) is 0 Å². The fourth-order valence-corrected chi connectivity index (χ4v) is 2.33. The second kappa shape index (κ2) is 7.64. The molecular weight excluding hydrogens is 274 g/mol. The molecule has 2 aromatic heterocycles. The number of nitrogens with one attached hydrogen (secondary N) is 1. The topological polar surface area (TPSA) is 45.5 Å². The number of guanidine groups is 1. The van der Waals surface area contributed by atoms with Gasteiger partial charge in [-0.05, 0) is 37.1 Å². The number of aliphatic imine (C=N–C) groups is 1. The van der Waals surface area contributed by atoms with Crippen LogP contribution in [-0.4, -0.2) is 41.1 Å². The van der Waals surface area contributed by atoms with E-state index in [2.05, 4.69) is 63.3 Å². The van der Waals surface area contributed by atoms with Crippen LogP contribution in [0.5, 0.6) is 0 Å². The predicted molar refractivity (Wildman–Crippen MR) is 90.9 cm³/mol. The third-order valence-electron chi connectivity index (χ3n) is 3.69. The summed E-state index contributed by atoms with van der Waals surface area (Å²) in [6, 6.07) is 8.36. The van der Waals surface area contributed by atoms with Gasteiger partial charge in [-0.3, -0.25) is 9.98 Å². The third kappa shape index (κ3) is 4.35. The summed E-state index contributed by atoms with van der Waals surface area (Å²) in [5, 5.41) is 3.40. The lowest BCUT2D eigenvalue weighted by Crippen LogP contribution is -2.39. The first kappa shape index (κ1) is 16.1. The van der Waals surface area contributed by atoms with Gasteiger partial charge in [0, 0.05) is 51.5 Å². The Morgan fingerprint density at radius 1 is 1.36 bits per heavy atom. The van der Waals surface area contributed by atoms with E-state index in [0.29, 0.717) is 0 Å². The molecule has 22 heavy (non-hydrogen) atoms. The molecule has 0 atom stereocenters. The monoisotopic (exact) mass is 299 g/mol. The Hall–Kier alpha value is -2.30. The molecule has 0 saturated carbocycles. The number of aryl methyl sites for hydroxylation is 2. The van der Waals surface area contributed by atoms with Gasteiger partial charge in [0.05, 0.1) is 6.54 Å². The average molecular weight is 299 g/mol. The lowest BCUT2D eigenvalue weighted by atomic mass is 10.2. The summed E-state index contributed by atoms with van der Waals surface area (Å²) in [7, 11) is 5.93. The Morgan fingerprint density at radius 2 is 2.18 bits per heavy atom. The molecule has 0 aromatic carbocycles. The summed E-state index contributed by atoms with van der Waals surface area (Å²) in [5.41, 5.74) is 3.54. The lowest BCUT2D eigenvalue weighted by Gasteiger charge is -2.22. The van der Waals surface area contributed by atoms with E-state index >= 15 is 0 Å². The summed E-state index contributed by atoms with van der Waals surface area (Å²) in [4.78, 5) is 10.8. The molecule has 0 unspecified atom stereocenters. The molecule has 0 radical (unpaired) electrons. The standard InChI is InChI=1S/C17H25N5/c1-14-7-8-15(12-20-14)9-10-19-17(18-2)22(4)13-16-6-5-11-21(16)3/h5-8,11-12H,9-10,13H2,1-4H3,(H,18,19). The van der Waals surface area contributed by atoms with Crippen LogP contribution in [0.3, 0.4) is 0 Å². The smallest absolute Gasteiger partial charge is 0.193 e. The van der Waals surface area contributed by atoms with Gasteiger partial charge in [-0.2, -0.15) is 0 Å². The molecule has 0 amide bonds. The molecular formula is C17H25N5. The summed E-state index contributed by atoms with van der Waals surface area (Å²) in [6.07, 6.45) is 4.93. The van der Waals surface area contributed by atoms with Crippen molar-refractivity contribution in [3.05, 3.63) is 53.6 Å². The van der Waals surface area contributed by atoms with Gasteiger partial charge in [0.15, 0.2) is 5.96 Å². The van der Waals surface area contributed by atoms with Crippen LogP contribution < -0.4 is 5.32 Å². The van der Waals surface area contributed by atoms with Crippen molar-refractivity contribution < 1.29 is 0 Å². The summed E-state index contributed by atoms with van der Waals surface area (Å²) in [6.45, 7) is 3.67. The van der Waals surface area contributed by atoms with E-state index in [0.717, 1.165) is 31.2 Å². The van der Waals surface area contributed by atoms with E-state index < -0.39 is 0 Å². The number of pyridine rings is 1. The van der Waals surface area contributed by atoms with Gasteiger partial charge < -0.3 is 14.8 Å². The van der Waals surface area contributed by atoms with E-state index in [1.807, 2.05) is 26.2 Å².